The number of nitrogens with zero attached hydrogens (tertiary/aromatic N) is 4. The first kappa shape index (κ1) is 21.4. The molecule has 1 fully saturated rings. The van der Waals surface area contributed by atoms with Crippen LogP contribution in [0.1, 0.15) is 11.6 Å². The maximum absolute atomic E-state index is 14.3. The van der Waals surface area contributed by atoms with Crippen molar-refractivity contribution in [3.05, 3.63) is 65.6 Å². The average Bonchev–Trinajstić information content (AvgIpc) is 3.49. The van der Waals surface area contributed by atoms with Gasteiger partial charge in [-0.2, -0.15) is 5.10 Å². The highest BCUT2D eigenvalue weighted by atomic mass is 32.1. The summed E-state index contributed by atoms with van der Waals surface area (Å²) in [5.74, 6) is -0.471. The molecule has 1 N–H and O–H groups in total. The molecule has 170 valence electrons. The molecule has 1 saturated heterocycles. The molecule has 0 saturated carbocycles. The fraction of sp³-hybridized carbons (Fsp3) is 0.261. The van der Waals surface area contributed by atoms with E-state index in [0.717, 1.165) is 29.7 Å². The Morgan fingerprint density at radius 3 is 2.88 bits per heavy atom. The van der Waals surface area contributed by atoms with Crippen LogP contribution in [0, 0.1) is 5.82 Å². The number of carbonyl (C=O) groups excluding carboxylic acids is 1. The standard InChI is InChI=1S/C23H22FN5O3S/c1-31-19-6-5-16(24)13-17(19)21(22(30)26-23-25-7-12-33-23)29-14-15-3-2-4-18(20(15)27-29)28-8-10-32-11-9-28/h2-7,12-14,21H,8-11H2,1H3,(H,25,26,30). The molecule has 2 aromatic heterocycles. The van der Waals surface area contributed by atoms with Crippen LogP contribution in [-0.2, 0) is 9.53 Å². The van der Waals surface area contributed by atoms with E-state index in [4.69, 9.17) is 14.6 Å². The quantitative estimate of drug-likeness (QED) is 0.466. The van der Waals surface area contributed by atoms with E-state index >= 15 is 0 Å². The van der Waals surface area contributed by atoms with Crippen molar-refractivity contribution in [1.82, 2.24) is 14.8 Å². The number of hydrogen-bond donors (Lipinski definition) is 1. The van der Waals surface area contributed by atoms with Crippen molar-refractivity contribution in [1.29, 1.82) is 0 Å². The lowest BCUT2D eigenvalue weighted by molar-refractivity contribution is -0.118. The number of fused-ring (bicyclic) bond motifs is 1. The van der Waals surface area contributed by atoms with Gasteiger partial charge in [-0.15, -0.1) is 11.3 Å². The average molecular weight is 468 g/mol. The third-order valence-electron chi connectivity index (χ3n) is 5.55. The van der Waals surface area contributed by atoms with Gasteiger partial charge in [0.05, 0.1) is 26.0 Å². The molecule has 0 aliphatic carbocycles. The molecule has 1 unspecified atom stereocenters. The summed E-state index contributed by atoms with van der Waals surface area (Å²) in [4.78, 5) is 19.8. The Hall–Kier alpha value is -3.50. The van der Waals surface area contributed by atoms with Gasteiger partial charge < -0.3 is 14.4 Å². The molecule has 3 heterocycles. The highest BCUT2D eigenvalue weighted by Gasteiger charge is 2.29. The molecule has 2 aromatic carbocycles. The number of thiazole rings is 1. The van der Waals surface area contributed by atoms with Crippen molar-refractivity contribution < 1.29 is 18.7 Å². The molecule has 0 bridgehead atoms. The summed E-state index contributed by atoms with van der Waals surface area (Å²) in [6.45, 7) is 2.82. The SMILES string of the molecule is COc1ccc(F)cc1C(C(=O)Nc1nccs1)n1cc2cccc(N3CCOCC3)c2n1. The van der Waals surface area contributed by atoms with Crippen molar-refractivity contribution in [2.24, 2.45) is 0 Å². The maximum Gasteiger partial charge on any atom is 0.255 e. The van der Waals surface area contributed by atoms with Crippen LogP contribution in [-0.4, -0.2) is 54.1 Å². The van der Waals surface area contributed by atoms with Crippen LogP contribution in [0.5, 0.6) is 5.75 Å². The Labute approximate surface area is 193 Å². The molecule has 1 aliphatic rings. The molecular formula is C23H22FN5O3S. The topological polar surface area (TPSA) is 81.5 Å². The first-order valence-corrected chi connectivity index (χ1v) is 11.4. The highest BCUT2D eigenvalue weighted by molar-refractivity contribution is 7.13. The van der Waals surface area contributed by atoms with Crippen molar-refractivity contribution in [3.8, 4) is 5.75 Å². The minimum Gasteiger partial charge on any atom is -0.496 e. The smallest absolute Gasteiger partial charge is 0.255 e. The lowest BCUT2D eigenvalue weighted by Gasteiger charge is -2.28. The number of rotatable bonds is 6. The molecule has 1 aliphatic heterocycles. The van der Waals surface area contributed by atoms with Crippen LogP contribution in [0.25, 0.3) is 10.9 Å². The van der Waals surface area contributed by atoms with E-state index in [1.54, 1.807) is 22.5 Å². The molecule has 4 aromatic rings. The van der Waals surface area contributed by atoms with Gasteiger partial charge in [0.25, 0.3) is 5.91 Å². The summed E-state index contributed by atoms with van der Waals surface area (Å²) in [5, 5.41) is 10.7. The van der Waals surface area contributed by atoms with Crippen LogP contribution in [0.2, 0.25) is 0 Å². The van der Waals surface area contributed by atoms with Crippen LogP contribution < -0.4 is 15.0 Å². The van der Waals surface area contributed by atoms with Crippen molar-refractivity contribution in [2.45, 2.75) is 6.04 Å². The highest BCUT2D eigenvalue weighted by Crippen LogP contribution is 2.33. The first-order valence-electron chi connectivity index (χ1n) is 10.5. The van der Waals surface area contributed by atoms with Gasteiger partial charge in [0.1, 0.15) is 17.1 Å². The molecule has 1 amide bonds. The van der Waals surface area contributed by atoms with Gasteiger partial charge >= 0.3 is 0 Å². The van der Waals surface area contributed by atoms with Gasteiger partial charge in [-0.1, -0.05) is 12.1 Å². The second-order valence-corrected chi connectivity index (χ2v) is 8.43. The van der Waals surface area contributed by atoms with Crippen molar-refractivity contribution in [2.75, 3.05) is 43.6 Å². The van der Waals surface area contributed by atoms with Crippen LogP contribution in [0.4, 0.5) is 15.2 Å². The number of benzene rings is 2. The molecule has 8 nitrogen and oxygen atoms in total. The monoisotopic (exact) mass is 467 g/mol. The van der Waals surface area contributed by atoms with E-state index in [-0.39, 0.29) is 0 Å². The molecule has 1 atom stereocenters. The van der Waals surface area contributed by atoms with E-state index in [2.05, 4.69) is 15.2 Å². The van der Waals surface area contributed by atoms with E-state index < -0.39 is 17.8 Å². The molecule has 0 radical (unpaired) electrons. The zero-order valence-electron chi connectivity index (χ0n) is 17.9. The first-order chi connectivity index (χ1) is 16.1. The molecule has 10 heteroatoms. The second kappa shape index (κ2) is 9.16. The van der Waals surface area contributed by atoms with Gasteiger partial charge in [-0.3, -0.25) is 14.8 Å². The fourth-order valence-electron chi connectivity index (χ4n) is 4.02. The number of amides is 1. The zero-order chi connectivity index (χ0) is 22.8. The lowest BCUT2D eigenvalue weighted by atomic mass is 10.0. The number of carbonyl (C=O) groups is 1. The summed E-state index contributed by atoms with van der Waals surface area (Å²) < 4.78 is 26.8. The molecule has 5 rings (SSSR count). The van der Waals surface area contributed by atoms with Gasteiger partial charge in [0.15, 0.2) is 11.2 Å². The predicted octanol–water partition coefficient (Wildman–Crippen LogP) is 3.71. The Bertz CT molecular complexity index is 1270. The predicted molar refractivity (Wildman–Crippen MR) is 125 cm³/mol. The van der Waals surface area contributed by atoms with Crippen molar-refractivity contribution in [3.63, 3.8) is 0 Å². The minimum absolute atomic E-state index is 0.368. The number of nitrogens with one attached hydrogen (secondary N) is 1. The number of morpholine rings is 1. The summed E-state index contributed by atoms with van der Waals surface area (Å²) in [6.07, 6.45) is 3.41. The number of ether oxygens (including phenoxy) is 2. The molecular weight excluding hydrogens is 445 g/mol. The Kier molecular flexibility index (Phi) is 5.93. The molecule has 33 heavy (non-hydrogen) atoms. The van der Waals surface area contributed by atoms with Gasteiger partial charge in [-0.25, -0.2) is 9.37 Å². The number of hydrogen-bond acceptors (Lipinski definition) is 7. The third-order valence-corrected chi connectivity index (χ3v) is 6.23. The number of aromatic nitrogens is 3. The maximum atomic E-state index is 14.3. The van der Waals surface area contributed by atoms with E-state index in [1.165, 1.54) is 36.6 Å². The van der Waals surface area contributed by atoms with Crippen LogP contribution in [0.3, 0.4) is 0 Å². The van der Waals surface area contributed by atoms with Gasteiger partial charge in [0.2, 0.25) is 0 Å². The largest absolute Gasteiger partial charge is 0.496 e. The van der Waals surface area contributed by atoms with Crippen molar-refractivity contribution >= 4 is 39.0 Å². The Balaban J connectivity index is 1.62. The number of anilines is 2. The normalized spacial score (nSPS) is 14.9. The second-order valence-electron chi connectivity index (χ2n) is 7.54. The summed E-state index contributed by atoms with van der Waals surface area (Å²) in [5.41, 5.74) is 2.11. The van der Waals surface area contributed by atoms with Gasteiger partial charge in [0, 0.05) is 41.8 Å². The minimum atomic E-state index is -0.968. The summed E-state index contributed by atoms with van der Waals surface area (Å²) in [6, 6.07) is 9.07. The Morgan fingerprint density at radius 1 is 1.27 bits per heavy atom. The zero-order valence-corrected chi connectivity index (χ0v) is 18.7. The van der Waals surface area contributed by atoms with E-state index in [0.29, 0.717) is 29.7 Å². The number of methoxy groups -OCH3 is 1. The Morgan fingerprint density at radius 2 is 2.12 bits per heavy atom. The summed E-state index contributed by atoms with van der Waals surface area (Å²) >= 11 is 1.30. The van der Waals surface area contributed by atoms with Crippen LogP contribution >= 0.6 is 11.3 Å². The fourth-order valence-corrected chi connectivity index (χ4v) is 4.55. The van der Waals surface area contributed by atoms with E-state index in [9.17, 15) is 9.18 Å². The van der Waals surface area contributed by atoms with Crippen LogP contribution in [0.15, 0.2) is 54.2 Å². The summed E-state index contributed by atoms with van der Waals surface area (Å²) in [7, 11) is 1.49. The number of halogens is 1. The third kappa shape index (κ3) is 4.27. The molecule has 0 spiro atoms. The lowest BCUT2D eigenvalue weighted by Crippen LogP contribution is -2.36. The van der Waals surface area contributed by atoms with Gasteiger partial charge in [-0.05, 0) is 24.3 Å². The van der Waals surface area contributed by atoms with E-state index in [1.807, 2.05) is 18.2 Å².